The highest BCUT2D eigenvalue weighted by Crippen LogP contribution is 2.34. The Balaban J connectivity index is 1.35. The first-order valence-corrected chi connectivity index (χ1v) is 10.2. The summed E-state index contributed by atoms with van der Waals surface area (Å²) < 4.78 is 10.4. The number of benzene rings is 1. The topological polar surface area (TPSA) is 86.9 Å². The molecule has 8 heteroatoms. The number of carbonyl (C=O) groups excluding carboxylic acids is 2. The molecule has 0 bridgehead atoms. The van der Waals surface area contributed by atoms with E-state index in [1.54, 1.807) is 4.90 Å². The number of nitrogens with one attached hydrogen (secondary N) is 2. The van der Waals surface area contributed by atoms with Gasteiger partial charge in [-0.15, -0.1) is 0 Å². The highest BCUT2D eigenvalue weighted by atomic mass is 16.6. The monoisotopic (exact) mass is 408 g/mol. The third-order valence-electron chi connectivity index (χ3n) is 5.66. The highest BCUT2D eigenvalue weighted by molar-refractivity contribution is 6.34. The number of amides is 2. The van der Waals surface area contributed by atoms with E-state index in [4.69, 9.17) is 9.47 Å². The molecule has 2 amide bonds. The molecule has 1 aromatic heterocycles. The largest absolute Gasteiger partial charge is 0.448 e. The van der Waals surface area contributed by atoms with Crippen molar-refractivity contribution in [3.8, 4) is 0 Å². The average molecular weight is 408 g/mol. The van der Waals surface area contributed by atoms with Gasteiger partial charge in [0.05, 0.1) is 25.3 Å². The van der Waals surface area contributed by atoms with Crippen LogP contribution in [0.2, 0.25) is 0 Å². The molecule has 0 spiro atoms. The number of hydrogen-bond acceptors (Lipinski definition) is 5. The predicted molar refractivity (Wildman–Crippen MR) is 112 cm³/mol. The quantitative estimate of drug-likeness (QED) is 0.742. The molecule has 3 aliphatic heterocycles. The van der Waals surface area contributed by atoms with Crippen LogP contribution in [0.25, 0.3) is 11.6 Å². The lowest BCUT2D eigenvalue weighted by Crippen LogP contribution is -2.35. The van der Waals surface area contributed by atoms with E-state index in [0.29, 0.717) is 25.3 Å². The summed E-state index contributed by atoms with van der Waals surface area (Å²) in [6.07, 6.45) is 3.59. The molecular formula is C22H24N4O4. The minimum Gasteiger partial charge on any atom is -0.448 e. The molecule has 0 saturated carbocycles. The summed E-state index contributed by atoms with van der Waals surface area (Å²) in [7, 11) is 0. The Labute approximate surface area is 174 Å². The zero-order valence-electron chi connectivity index (χ0n) is 16.6. The zero-order valence-corrected chi connectivity index (χ0v) is 16.6. The van der Waals surface area contributed by atoms with Crippen LogP contribution in [0.3, 0.4) is 0 Å². The molecule has 30 heavy (non-hydrogen) atoms. The Hall–Kier alpha value is -3.10. The van der Waals surface area contributed by atoms with Crippen molar-refractivity contribution in [1.29, 1.82) is 0 Å². The predicted octanol–water partition coefficient (Wildman–Crippen LogP) is 2.29. The fraction of sp³-hybridized carbons (Fsp3) is 0.364. The Morgan fingerprint density at radius 1 is 1.00 bits per heavy atom. The van der Waals surface area contributed by atoms with Crippen molar-refractivity contribution < 1.29 is 19.1 Å². The molecule has 0 atom stereocenters. The first-order valence-electron chi connectivity index (χ1n) is 10.2. The molecule has 2 N–H and O–H groups in total. The molecule has 1 aromatic carbocycles. The number of rotatable bonds is 5. The minimum atomic E-state index is -0.292. The van der Waals surface area contributed by atoms with E-state index in [9.17, 15) is 9.59 Å². The SMILES string of the molecule is O=C1Nc2ccc(CN3CCOC3=O)cc2C1=Cc1cc(CN2CCOCC2)c[nH]1. The first-order chi connectivity index (χ1) is 14.7. The second-order valence-electron chi connectivity index (χ2n) is 7.78. The van der Waals surface area contributed by atoms with Gasteiger partial charge in [0, 0.05) is 49.3 Å². The summed E-state index contributed by atoms with van der Waals surface area (Å²) in [4.78, 5) is 31.6. The summed E-state index contributed by atoms with van der Waals surface area (Å²) in [5.41, 5.74) is 5.31. The van der Waals surface area contributed by atoms with E-state index in [1.165, 1.54) is 5.56 Å². The molecule has 2 aromatic rings. The Morgan fingerprint density at radius 3 is 2.67 bits per heavy atom. The van der Waals surface area contributed by atoms with Gasteiger partial charge in [-0.3, -0.25) is 9.69 Å². The van der Waals surface area contributed by atoms with Gasteiger partial charge in [0.25, 0.3) is 5.91 Å². The van der Waals surface area contributed by atoms with Crippen molar-refractivity contribution in [3.63, 3.8) is 0 Å². The van der Waals surface area contributed by atoms with Gasteiger partial charge in [-0.2, -0.15) is 0 Å². The second-order valence-corrected chi connectivity index (χ2v) is 7.78. The van der Waals surface area contributed by atoms with E-state index in [-0.39, 0.29) is 12.0 Å². The van der Waals surface area contributed by atoms with Crippen molar-refractivity contribution in [2.24, 2.45) is 0 Å². The van der Waals surface area contributed by atoms with E-state index < -0.39 is 0 Å². The number of aromatic amines is 1. The third-order valence-corrected chi connectivity index (χ3v) is 5.66. The molecule has 3 aliphatic rings. The standard InChI is InChI=1S/C22H24N4O4/c27-21-19(11-17-9-16(12-23-17)13-25-3-6-29-7-4-25)18-10-15(1-2-20(18)24-21)14-26-5-8-30-22(26)28/h1-2,9-12,23H,3-8,13-14H2,(H,24,27). The maximum absolute atomic E-state index is 12.6. The number of ether oxygens (including phenoxy) is 2. The Bertz CT molecular complexity index is 1010. The highest BCUT2D eigenvalue weighted by Gasteiger charge is 2.26. The van der Waals surface area contributed by atoms with Crippen molar-refractivity contribution in [3.05, 3.63) is 52.8 Å². The van der Waals surface area contributed by atoms with E-state index in [1.807, 2.05) is 30.5 Å². The maximum Gasteiger partial charge on any atom is 0.410 e. The number of aromatic nitrogens is 1. The molecule has 0 aliphatic carbocycles. The van der Waals surface area contributed by atoms with E-state index in [2.05, 4.69) is 21.3 Å². The smallest absolute Gasteiger partial charge is 0.410 e. The molecule has 156 valence electrons. The summed E-state index contributed by atoms with van der Waals surface area (Å²) in [6, 6.07) is 7.88. The molecule has 4 heterocycles. The summed E-state index contributed by atoms with van der Waals surface area (Å²) in [6.45, 7) is 5.77. The van der Waals surface area contributed by atoms with Gasteiger partial charge >= 0.3 is 6.09 Å². The van der Waals surface area contributed by atoms with Crippen LogP contribution in [-0.4, -0.2) is 66.2 Å². The normalized spacial score (nSPS) is 20.5. The van der Waals surface area contributed by atoms with Crippen molar-refractivity contribution in [2.45, 2.75) is 13.1 Å². The van der Waals surface area contributed by atoms with Crippen LogP contribution in [0.1, 0.15) is 22.4 Å². The molecule has 2 saturated heterocycles. The van der Waals surface area contributed by atoms with Crippen molar-refractivity contribution in [2.75, 3.05) is 44.8 Å². The molecule has 5 rings (SSSR count). The van der Waals surface area contributed by atoms with Gasteiger partial charge in [0.1, 0.15) is 6.61 Å². The average Bonchev–Trinajstić information content (AvgIpc) is 3.44. The summed E-state index contributed by atoms with van der Waals surface area (Å²) >= 11 is 0. The second kappa shape index (κ2) is 7.97. The van der Waals surface area contributed by atoms with E-state index >= 15 is 0 Å². The van der Waals surface area contributed by atoms with Crippen LogP contribution < -0.4 is 5.32 Å². The van der Waals surface area contributed by atoms with Gasteiger partial charge in [0.15, 0.2) is 0 Å². The number of fused-ring (bicyclic) bond motifs is 1. The lowest BCUT2D eigenvalue weighted by molar-refractivity contribution is -0.110. The van der Waals surface area contributed by atoms with Gasteiger partial charge in [-0.1, -0.05) is 6.07 Å². The molecule has 0 unspecified atom stereocenters. The van der Waals surface area contributed by atoms with Crippen LogP contribution in [0.5, 0.6) is 0 Å². The van der Waals surface area contributed by atoms with Crippen LogP contribution in [0.4, 0.5) is 10.5 Å². The van der Waals surface area contributed by atoms with Gasteiger partial charge < -0.3 is 24.7 Å². The van der Waals surface area contributed by atoms with Crippen molar-refractivity contribution >= 4 is 29.3 Å². The van der Waals surface area contributed by atoms with E-state index in [0.717, 1.165) is 55.4 Å². The Kier molecular flexibility index (Phi) is 5.02. The molecule has 0 radical (unpaired) electrons. The summed E-state index contributed by atoms with van der Waals surface area (Å²) in [5, 5.41) is 2.92. The number of morpholine rings is 1. The summed E-state index contributed by atoms with van der Waals surface area (Å²) in [5.74, 6) is -0.118. The fourth-order valence-corrected chi connectivity index (χ4v) is 4.07. The molecular weight excluding hydrogens is 384 g/mol. The number of carbonyl (C=O) groups is 2. The lowest BCUT2D eigenvalue weighted by atomic mass is 10.0. The maximum atomic E-state index is 12.6. The molecule has 8 nitrogen and oxygen atoms in total. The Morgan fingerprint density at radius 2 is 1.87 bits per heavy atom. The van der Waals surface area contributed by atoms with Crippen LogP contribution in [0, 0.1) is 0 Å². The number of cyclic esters (lactones) is 1. The van der Waals surface area contributed by atoms with Crippen molar-refractivity contribution in [1.82, 2.24) is 14.8 Å². The third kappa shape index (κ3) is 3.83. The number of anilines is 1. The van der Waals surface area contributed by atoms with Crippen LogP contribution >= 0.6 is 0 Å². The fourth-order valence-electron chi connectivity index (χ4n) is 4.07. The van der Waals surface area contributed by atoms with Crippen LogP contribution in [-0.2, 0) is 27.4 Å². The van der Waals surface area contributed by atoms with Gasteiger partial charge in [-0.25, -0.2) is 4.79 Å². The zero-order chi connectivity index (χ0) is 20.5. The minimum absolute atomic E-state index is 0.118. The number of nitrogens with zero attached hydrogens (tertiary/aromatic N) is 2. The first kappa shape index (κ1) is 18.9. The number of H-pyrrole nitrogens is 1. The lowest BCUT2D eigenvalue weighted by Gasteiger charge is -2.25. The van der Waals surface area contributed by atoms with Crippen LogP contribution in [0.15, 0.2) is 30.5 Å². The molecule has 2 fully saturated rings. The van der Waals surface area contributed by atoms with Gasteiger partial charge in [0.2, 0.25) is 0 Å². The number of hydrogen-bond donors (Lipinski definition) is 2. The van der Waals surface area contributed by atoms with Gasteiger partial charge in [-0.05, 0) is 35.4 Å².